The molecule has 98 valence electrons. The summed E-state index contributed by atoms with van der Waals surface area (Å²) < 4.78 is 27.8. The molecule has 0 spiro atoms. The fraction of sp³-hybridized carbons (Fsp3) is 0.250. The molecule has 0 saturated heterocycles. The molecule has 0 bridgehead atoms. The lowest BCUT2D eigenvalue weighted by atomic mass is 9.87. The average Bonchev–Trinajstić information content (AvgIpc) is 2.75. The minimum atomic E-state index is -1.42. The third-order valence-corrected chi connectivity index (χ3v) is 3.94. The second-order valence-electron chi connectivity index (χ2n) is 5.08. The molecule has 0 saturated carbocycles. The van der Waals surface area contributed by atoms with Gasteiger partial charge in [0.25, 0.3) is 0 Å². The van der Waals surface area contributed by atoms with Gasteiger partial charge in [-0.2, -0.15) is 0 Å². The molecule has 0 aromatic heterocycles. The summed E-state index contributed by atoms with van der Waals surface area (Å²) >= 11 is 0. The zero-order valence-electron chi connectivity index (χ0n) is 10.6. The summed E-state index contributed by atoms with van der Waals surface area (Å²) in [6.07, 6.45) is 1.05. The highest BCUT2D eigenvalue weighted by Crippen LogP contribution is 2.43. The number of hydrogen-bond donors (Lipinski definition) is 1. The summed E-state index contributed by atoms with van der Waals surface area (Å²) in [6, 6.07) is 10.4. The van der Waals surface area contributed by atoms with Crippen LogP contribution < -0.4 is 0 Å². The molecule has 0 aliphatic heterocycles. The minimum Gasteiger partial charge on any atom is -0.380 e. The Hall–Kier alpha value is -1.74. The molecule has 1 N–H and O–H groups in total. The van der Waals surface area contributed by atoms with Gasteiger partial charge in [0.2, 0.25) is 0 Å². The highest BCUT2D eigenvalue weighted by molar-refractivity contribution is 5.46. The molecule has 0 amide bonds. The number of aliphatic hydroxyl groups is 1. The Kier molecular flexibility index (Phi) is 2.68. The lowest BCUT2D eigenvalue weighted by molar-refractivity contribution is 0.0780. The van der Waals surface area contributed by atoms with Crippen LogP contribution in [0, 0.1) is 18.6 Å². The second-order valence-corrected chi connectivity index (χ2v) is 5.08. The first-order valence-electron chi connectivity index (χ1n) is 6.30. The van der Waals surface area contributed by atoms with Crippen LogP contribution in [0.5, 0.6) is 0 Å². The van der Waals surface area contributed by atoms with Crippen molar-refractivity contribution in [1.82, 2.24) is 0 Å². The summed E-state index contributed by atoms with van der Waals surface area (Å²) in [5.74, 6) is -1.82. The fourth-order valence-corrected chi connectivity index (χ4v) is 2.84. The molecule has 1 aliphatic carbocycles. The van der Waals surface area contributed by atoms with E-state index in [0.717, 1.165) is 5.56 Å². The molecule has 2 aromatic carbocycles. The summed E-state index contributed by atoms with van der Waals surface area (Å²) in [6.45, 7) is 1.51. The van der Waals surface area contributed by atoms with Crippen molar-refractivity contribution >= 4 is 0 Å². The van der Waals surface area contributed by atoms with Gasteiger partial charge in [0.15, 0.2) is 11.6 Å². The first-order valence-corrected chi connectivity index (χ1v) is 6.30. The smallest absolute Gasteiger partial charge is 0.165 e. The molecule has 3 rings (SSSR count). The molecule has 3 heteroatoms. The second kappa shape index (κ2) is 4.14. The molecule has 0 fully saturated rings. The largest absolute Gasteiger partial charge is 0.380 e. The predicted octanol–water partition coefficient (Wildman–Crippen LogP) is 3.46. The van der Waals surface area contributed by atoms with Crippen molar-refractivity contribution in [3.8, 4) is 0 Å². The van der Waals surface area contributed by atoms with E-state index in [4.69, 9.17) is 0 Å². The van der Waals surface area contributed by atoms with Gasteiger partial charge in [0.05, 0.1) is 0 Å². The van der Waals surface area contributed by atoms with Gasteiger partial charge < -0.3 is 5.11 Å². The van der Waals surface area contributed by atoms with Crippen molar-refractivity contribution in [3.05, 3.63) is 70.3 Å². The Balaban J connectivity index is 2.21. The van der Waals surface area contributed by atoms with Crippen LogP contribution in [0.4, 0.5) is 8.78 Å². The molecule has 1 aliphatic rings. The van der Waals surface area contributed by atoms with E-state index < -0.39 is 17.2 Å². The van der Waals surface area contributed by atoms with Gasteiger partial charge in [0, 0.05) is 5.56 Å². The van der Waals surface area contributed by atoms with Crippen molar-refractivity contribution in [2.45, 2.75) is 25.4 Å². The highest BCUT2D eigenvalue weighted by Gasteiger charge is 2.40. The minimum absolute atomic E-state index is 0.0283. The standard InChI is InChI=1S/C16H14F2O/c1-10-6-7-13(15(18)14(10)17)16(19)9-8-11-4-2-3-5-12(11)16/h2-7,19H,8-9H2,1H3. The maximum absolute atomic E-state index is 14.1. The third-order valence-electron chi connectivity index (χ3n) is 3.94. The van der Waals surface area contributed by atoms with Crippen molar-refractivity contribution < 1.29 is 13.9 Å². The highest BCUT2D eigenvalue weighted by atomic mass is 19.2. The Morgan fingerprint density at radius 1 is 1.00 bits per heavy atom. The number of halogens is 2. The van der Waals surface area contributed by atoms with E-state index in [1.54, 1.807) is 12.1 Å². The van der Waals surface area contributed by atoms with Crippen LogP contribution >= 0.6 is 0 Å². The predicted molar refractivity (Wildman–Crippen MR) is 68.9 cm³/mol. The Labute approximate surface area is 110 Å². The van der Waals surface area contributed by atoms with Gasteiger partial charge in [-0.3, -0.25) is 0 Å². The topological polar surface area (TPSA) is 20.2 Å². The maximum Gasteiger partial charge on any atom is 0.165 e. The molecular weight excluding hydrogens is 246 g/mol. The van der Waals surface area contributed by atoms with Gasteiger partial charge in [0.1, 0.15) is 5.60 Å². The van der Waals surface area contributed by atoms with Gasteiger partial charge in [-0.1, -0.05) is 36.4 Å². The van der Waals surface area contributed by atoms with Gasteiger partial charge in [-0.15, -0.1) is 0 Å². The first-order chi connectivity index (χ1) is 9.04. The zero-order valence-corrected chi connectivity index (χ0v) is 10.6. The molecule has 1 atom stereocenters. The molecule has 1 nitrogen and oxygen atoms in total. The average molecular weight is 260 g/mol. The summed E-state index contributed by atoms with van der Waals surface area (Å²) in [5.41, 5.74) is 0.522. The van der Waals surface area contributed by atoms with Crippen LogP contribution in [-0.4, -0.2) is 5.11 Å². The van der Waals surface area contributed by atoms with E-state index in [0.29, 0.717) is 18.4 Å². The zero-order chi connectivity index (χ0) is 13.6. The SMILES string of the molecule is Cc1ccc(C2(O)CCc3ccccc32)c(F)c1F. The molecule has 2 aromatic rings. The van der Waals surface area contributed by atoms with E-state index in [2.05, 4.69) is 0 Å². The number of rotatable bonds is 1. The Bertz CT molecular complexity index is 651. The quantitative estimate of drug-likeness (QED) is 0.832. The number of benzene rings is 2. The monoisotopic (exact) mass is 260 g/mol. The number of aryl methyl sites for hydroxylation is 2. The molecule has 0 heterocycles. The summed E-state index contributed by atoms with van der Waals surface area (Å²) in [7, 11) is 0. The fourth-order valence-electron chi connectivity index (χ4n) is 2.84. The van der Waals surface area contributed by atoms with Crippen LogP contribution in [0.3, 0.4) is 0 Å². The van der Waals surface area contributed by atoms with E-state index in [9.17, 15) is 13.9 Å². The van der Waals surface area contributed by atoms with Gasteiger partial charge >= 0.3 is 0 Å². The van der Waals surface area contributed by atoms with Crippen LogP contribution in [-0.2, 0) is 12.0 Å². The number of hydrogen-bond acceptors (Lipinski definition) is 1. The van der Waals surface area contributed by atoms with Crippen molar-refractivity contribution in [3.63, 3.8) is 0 Å². The molecule has 0 radical (unpaired) electrons. The third kappa shape index (κ3) is 1.69. The van der Waals surface area contributed by atoms with Crippen LogP contribution in [0.1, 0.15) is 28.7 Å². The normalized spacial score (nSPS) is 21.5. The van der Waals surface area contributed by atoms with Crippen LogP contribution in [0.15, 0.2) is 36.4 Å². The van der Waals surface area contributed by atoms with E-state index in [1.807, 2.05) is 12.1 Å². The van der Waals surface area contributed by atoms with Crippen molar-refractivity contribution in [2.24, 2.45) is 0 Å². The summed E-state index contributed by atoms with van der Waals surface area (Å²) in [4.78, 5) is 0. The van der Waals surface area contributed by atoms with E-state index >= 15 is 0 Å². The van der Waals surface area contributed by atoms with Crippen molar-refractivity contribution in [1.29, 1.82) is 0 Å². The van der Waals surface area contributed by atoms with Gasteiger partial charge in [-0.05, 0) is 36.5 Å². The molecule has 1 unspecified atom stereocenters. The maximum atomic E-state index is 14.1. The van der Waals surface area contributed by atoms with E-state index in [-0.39, 0.29) is 11.1 Å². The van der Waals surface area contributed by atoms with Crippen LogP contribution in [0.25, 0.3) is 0 Å². The van der Waals surface area contributed by atoms with Crippen molar-refractivity contribution in [2.75, 3.05) is 0 Å². The first kappa shape index (κ1) is 12.3. The Morgan fingerprint density at radius 3 is 2.53 bits per heavy atom. The molecular formula is C16H14F2O. The number of fused-ring (bicyclic) bond motifs is 1. The lowest BCUT2D eigenvalue weighted by Gasteiger charge is -2.25. The lowest BCUT2D eigenvalue weighted by Crippen LogP contribution is -2.26. The summed E-state index contributed by atoms with van der Waals surface area (Å²) in [5, 5.41) is 10.8. The molecule has 19 heavy (non-hydrogen) atoms. The van der Waals surface area contributed by atoms with Crippen LogP contribution in [0.2, 0.25) is 0 Å². The van der Waals surface area contributed by atoms with Gasteiger partial charge in [-0.25, -0.2) is 8.78 Å². The Morgan fingerprint density at radius 2 is 1.74 bits per heavy atom. The van der Waals surface area contributed by atoms with E-state index in [1.165, 1.54) is 19.1 Å².